The molecule has 2 amide bonds. The van der Waals surface area contributed by atoms with Crippen molar-refractivity contribution in [2.45, 2.75) is 59.5 Å². The van der Waals surface area contributed by atoms with Crippen LogP contribution in [0.5, 0.6) is 0 Å². The van der Waals surface area contributed by atoms with Crippen molar-refractivity contribution in [3.63, 3.8) is 0 Å². The fourth-order valence-electron chi connectivity index (χ4n) is 3.00. The highest BCUT2D eigenvalue weighted by Crippen LogP contribution is 2.24. The smallest absolute Gasteiger partial charge is 0.300 e. The summed E-state index contributed by atoms with van der Waals surface area (Å²) in [5, 5.41) is 17.7. The van der Waals surface area contributed by atoms with Crippen LogP contribution in [0.25, 0.3) is 0 Å². The number of amidine groups is 1. The fraction of sp³-hybridized carbons (Fsp3) is 0.524. The molecule has 0 bridgehead atoms. The molecule has 0 unspecified atom stereocenters. The average Bonchev–Trinajstić information content (AvgIpc) is 3.08. The molecule has 0 radical (unpaired) electrons. The number of carbonyl (C=O) groups is 3. The normalized spacial score (nSPS) is 15.9. The highest BCUT2D eigenvalue weighted by atomic mass is 16.4. The van der Waals surface area contributed by atoms with Gasteiger partial charge in [-0.3, -0.25) is 19.8 Å². The third kappa shape index (κ3) is 8.76. The van der Waals surface area contributed by atoms with Crippen LogP contribution < -0.4 is 11.1 Å². The number of carbonyl (C=O) groups excluding carboxylic acids is 2. The maximum Gasteiger partial charge on any atom is 0.300 e. The van der Waals surface area contributed by atoms with Crippen LogP contribution in [0.1, 0.15) is 58.1 Å². The van der Waals surface area contributed by atoms with Crippen LogP contribution in [-0.4, -0.2) is 46.2 Å². The summed E-state index contributed by atoms with van der Waals surface area (Å²) in [5.74, 6) is -0.860. The molecular formula is C21H32N4O4. The summed E-state index contributed by atoms with van der Waals surface area (Å²) in [6.07, 6.45) is 2.02. The lowest BCUT2D eigenvalue weighted by Gasteiger charge is -2.27. The van der Waals surface area contributed by atoms with Crippen LogP contribution in [0, 0.1) is 10.8 Å². The highest BCUT2D eigenvalue weighted by molar-refractivity contribution is 5.94. The summed E-state index contributed by atoms with van der Waals surface area (Å²) in [5.41, 5.74) is 6.94. The zero-order valence-corrected chi connectivity index (χ0v) is 17.6. The van der Waals surface area contributed by atoms with Gasteiger partial charge < -0.3 is 21.1 Å². The zero-order chi connectivity index (χ0) is 22.2. The Balaban J connectivity index is 0.000000960. The first-order valence-corrected chi connectivity index (χ1v) is 9.61. The Bertz CT molecular complexity index is 734. The van der Waals surface area contributed by atoms with E-state index < -0.39 is 5.97 Å². The minimum Gasteiger partial charge on any atom is -0.481 e. The number of hydrogen-bond donors (Lipinski definition) is 4. The molecule has 0 aliphatic carbocycles. The Kier molecular flexibility index (Phi) is 8.82. The SMILES string of the molecule is CC(=O)O.CC(C)(C)CC(=O)N1CCC[C@H]1C(=O)NCc1ccc(C(=N)N)cc1. The minimum absolute atomic E-state index is 0.0227. The van der Waals surface area contributed by atoms with E-state index in [0.29, 0.717) is 31.5 Å². The highest BCUT2D eigenvalue weighted by Gasteiger charge is 2.35. The van der Waals surface area contributed by atoms with Gasteiger partial charge in [0.05, 0.1) is 0 Å². The minimum atomic E-state index is -0.833. The van der Waals surface area contributed by atoms with Crippen LogP contribution in [0.4, 0.5) is 0 Å². The van der Waals surface area contributed by atoms with Crippen molar-refractivity contribution in [3.8, 4) is 0 Å². The van der Waals surface area contributed by atoms with Gasteiger partial charge in [0.15, 0.2) is 0 Å². The number of nitrogens with zero attached hydrogens (tertiary/aromatic N) is 1. The van der Waals surface area contributed by atoms with Gasteiger partial charge >= 0.3 is 0 Å². The summed E-state index contributed by atoms with van der Waals surface area (Å²) in [4.78, 5) is 35.7. The number of nitrogens with one attached hydrogen (secondary N) is 2. The number of nitrogens with two attached hydrogens (primary N) is 1. The molecule has 0 spiro atoms. The number of benzene rings is 1. The molecule has 1 aliphatic rings. The second-order valence-electron chi connectivity index (χ2n) is 8.33. The second kappa shape index (κ2) is 10.6. The lowest BCUT2D eigenvalue weighted by atomic mass is 9.91. The summed E-state index contributed by atoms with van der Waals surface area (Å²) in [6.45, 7) is 8.22. The number of hydrogen-bond acceptors (Lipinski definition) is 4. The topological polar surface area (TPSA) is 137 Å². The van der Waals surface area contributed by atoms with E-state index in [2.05, 4.69) is 5.32 Å². The average molecular weight is 405 g/mol. The first-order valence-electron chi connectivity index (χ1n) is 9.61. The van der Waals surface area contributed by atoms with E-state index in [0.717, 1.165) is 18.9 Å². The van der Waals surface area contributed by atoms with Crippen molar-refractivity contribution in [3.05, 3.63) is 35.4 Å². The molecule has 5 N–H and O–H groups in total. The van der Waals surface area contributed by atoms with Gasteiger partial charge in [0.1, 0.15) is 11.9 Å². The molecule has 8 heteroatoms. The van der Waals surface area contributed by atoms with Crippen LogP contribution in [0.15, 0.2) is 24.3 Å². The lowest BCUT2D eigenvalue weighted by Crippen LogP contribution is -2.46. The van der Waals surface area contributed by atoms with Gasteiger partial charge in [-0.25, -0.2) is 0 Å². The fourth-order valence-corrected chi connectivity index (χ4v) is 3.00. The van der Waals surface area contributed by atoms with Gasteiger partial charge in [-0.1, -0.05) is 45.0 Å². The quantitative estimate of drug-likeness (QED) is 0.440. The standard InChI is InChI=1S/C19H28N4O2.C2H4O2/c1-19(2,3)11-16(24)23-10-4-5-15(23)18(25)22-12-13-6-8-14(9-7-13)17(20)21;1-2(3)4/h6-9,15H,4-5,10-12H2,1-3H3,(H3,20,21)(H,22,25);1H3,(H,3,4)/t15-;/m0./s1. The Hall–Kier alpha value is -2.90. The van der Waals surface area contributed by atoms with Crippen molar-refractivity contribution in [2.75, 3.05) is 6.54 Å². The Morgan fingerprint density at radius 2 is 1.79 bits per heavy atom. The van der Waals surface area contributed by atoms with Crippen LogP contribution in [0.3, 0.4) is 0 Å². The van der Waals surface area contributed by atoms with E-state index >= 15 is 0 Å². The van der Waals surface area contributed by atoms with Crippen molar-refractivity contribution >= 4 is 23.6 Å². The number of carboxylic acids is 1. The lowest BCUT2D eigenvalue weighted by molar-refractivity contribution is -0.139. The van der Waals surface area contributed by atoms with Gasteiger partial charge in [-0.15, -0.1) is 0 Å². The van der Waals surface area contributed by atoms with Crippen molar-refractivity contribution < 1.29 is 19.5 Å². The Labute approximate surface area is 172 Å². The molecule has 1 aromatic rings. The number of aliphatic carboxylic acids is 1. The molecule has 1 atom stereocenters. The van der Waals surface area contributed by atoms with Gasteiger partial charge in [-0.2, -0.15) is 0 Å². The van der Waals surface area contributed by atoms with Gasteiger partial charge in [0.2, 0.25) is 11.8 Å². The molecule has 2 rings (SSSR count). The van der Waals surface area contributed by atoms with E-state index in [-0.39, 0.29) is 29.1 Å². The Morgan fingerprint density at radius 3 is 2.28 bits per heavy atom. The molecule has 1 fully saturated rings. The number of carboxylic acid groups (broad SMARTS) is 1. The molecule has 1 saturated heterocycles. The van der Waals surface area contributed by atoms with Gasteiger partial charge in [-0.05, 0) is 23.8 Å². The maximum atomic E-state index is 12.5. The summed E-state index contributed by atoms with van der Waals surface area (Å²) < 4.78 is 0. The third-order valence-electron chi connectivity index (χ3n) is 4.29. The summed E-state index contributed by atoms with van der Waals surface area (Å²) in [6, 6.07) is 6.84. The summed E-state index contributed by atoms with van der Waals surface area (Å²) in [7, 11) is 0. The predicted octanol–water partition coefficient (Wildman–Crippen LogP) is 2.10. The van der Waals surface area contributed by atoms with E-state index in [1.165, 1.54) is 0 Å². The molecule has 1 aliphatic heterocycles. The maximum absolute atomic E-state index is 12.5. The zero-order valence-electron chi connectivity index (χ0n) is 17.6. The molecule has 1 heterocycles. The molecular weight excluding hydrogens is 372 g/mol. The first kappa shape index (κ1) is 24.1. The van der Waals surface area contributed by atoms with E-state index in [1.54, 1.807) is 17.0 Å². The number of amides is 2. The van der Waals surface area contributed by atoms with Gasteiger partial charge in [0, 0.05) is 32.0 Å². The van der Waals surface area contributed by atoms with Crippen LogP contribution in [-0.2, 0) is 20.9 Å². The van der Waals surface area contributed by atoms with E-state index in [1.807, 2.05) is 32.9 Å². The largest absolute Gasteiger partial charge is 0.481 e. The monoisotopic (exact) mass is 404 g/mol. The molecule has 160 valence electrons. The number of rotatable bonds is 5. The number of nitrogen functional groups attached to an aromatic ring is 1. The molecule has 8 nitrogen and oxygen atoms in total. The Morgan fingerprint density at radius 1 is 1.24 bits per heavy atom. The van der Waals surface area contributed by atoms with Crippen LogP contribution >= 0.6 is 0 Å². The summed E-state index contributed by atoms with van der Waals surface area (Å²) >= 11 is 0. The predicted molar refractivity (Wildman–Crippen MR) is 111 cm³/mol. The second-order valence-corrected chi connectivity index (χ2v) is 8.33. The number of likely N-dealkylation sites (tertiary alicyclic amines) is 1. The molecule has 0 saturated carbocycles. The molecule has 29 heavy (non-hydrogen) atoms. The van der Waals surface area contributed by atoms with Gasteiger partial charge in [0.25, 0.3) is 5.97 Å². The third-order valence-corrected chi connectivity index (χ3v) is 4.29. The van der Waals surface area contributed by atoms with Crippen molar-refractivity contribution in [1.29, 1.82) is 5.41 Å². The van der Waals surface area contributed by atoms with E-state index in [4.69, 9.17) is 21.0 Å². The molecule has 1 aromatic carbocycles. The van der Waals surface area contributed by atoms with Crippen molar-refractivity contribution in [2.24, 2.45) is 11.1 Å². The van der Waals surface area contributed by atoms with Crippen molar-refractivity contribution in [1.82, 2.24) is 10.2 Å². The molecule has 0 aromatic heterocycles. The van der Waals surface area contributed by atoms with E-state index in [9.17, 15) is 9.59 Å². The first-order chi connectivity index (χ1) is 13.4. The van der Waals surface area contributed by atoms with Crippen LogP contribution in [0.2, 0.25) is 0 Å².